The van der Waals surface area contributed by atoms with Crippen LogP contribution in [-0.2, 0) is 4.79 Å². The van der Waals surface area contributed by atoms with Crippen molar-refractivity contribution in [1.82, 2.24) is 4.90 Å². The zero-order valence-electron chi connectivity index (χ0n) is 12.6. The summed E-state index contributed by atoms with van der Waals surface area (Å²) >= 11 is 0. The molecule has 3 N–H and O–H groups in total. The normalized spacial score (nSPS) is 27.1. The lowest BCUT2D eigenvalue weighted by Gasteiger charge is -2.39. The highest BCUT2D eigenvalue weighted by Gasteiger charge is 2.30. The smallest absolute Gasteiger partial charge is 0.223 e. The minimum absolute atomic E-state index is 0.179. The van der Waals surface area contributed by atoms with Gasteiger partial charge in [0, 0.05) is 25.6 Å². The third kappa shape index (κ3) is 4.19. The first-order chi connectivity index (χ1) is 9.74. The summed E-state index contributed by atoms with van der Waals surface area (Å²) < 4.78 is 0. The van der Waals surface area contributed by atoms with E-state index in [0.717, 1.165) is 38.8 Å². The standard InChI is InChI=1S/C16H30N2O2/c17-12-14-7-5-13(6-8-14)11-16(20)18(9-2-10-19)15-3-1-4-15/h13-15,19H,1-12,17H2. The second kappa shape index (κ2) is 7.99. The molecule has 0 bridgehead atoms. The van der Waals surface area contributed by atoms with Gasteiger partial charge >= 0.3 is 0 Å². The predicted molar refractivity (Wildman–Crippen MR) is 80.2 cm³/mol. The Morgan fingerprint density at radius 3 is 2.25 bits per heavy atom. The maximum absolute atomic E-state index is 12.5. The molecule has 20 heavy (non-hydrogen) atoms. The van der Waals surface area contributed by atoms with E-state index >= 15 is 0 Å². The van der Waals surface area contributed by atoms with Crippen LogP contribution in [0.25, 0.3) is 0 Å². The fraction of sp³-hybridized carbons (Fsp3) is 0.938. The van der Waals surface area contributed by atoms with Crippen molar-refractivity contribution in [3.05, 3.63) is 0 Å². The van der Waals surface area contributed by atoms with Gasteiger partial charge in [0.05, 0.1) is 0 Å². The van der Waals surface area contributed by atoms with Crippen LogP contribution >= 0.6 is 0 Å². The van der Waals surface area contributed by atoms with E-state index < -0.39 is 0 Å². The summed E-state index contributed by atoms with van der Waals surface area (Å²) in [5.74, 6) is 1.56. The quantitative estimate of drug-likeness (QED) is 0.749. The van der Waals surface area contributed by atoms with Crippen LogP contribution in [-0.4, -0.2) is 41.7 Å². The molecule has 4 heteroatoms. The monoisotopic (exact) mass is 282 g/mol. The molecule has 2 fully saturated rings. The highest BCUT2D eigenvalue weighted by atomic mass is 16.3. The van der Waals surface area contributed by atoms with E-state index in [-0.39, 0.29) is 6.61 Å². The Morgan fingerprint density at radius 1 is 1.10 bits per heavy atom. The van der Waals surface area contributed by atoms with Crippen molar-refractivity contribution in [3.63, 3.8) is 0 Å². The molecule has 0 spiro atoms. The van der Waals surface area contributed by atoms with Crippen molar-refractivity contribution in [2.75, 3.05) is 19.7 Å². The fourth-order valence-electron chi connectivity index (χ4n) is 3.49. The molecular weight excluding hydrogens is 252 g/mol. The summed E-state index contributed by atoms with van der Waals surface area (Å²) in [5, 5.41) is 9.00. The van der Waals surface area contributed by atoms with Crippen LogP contribution in [0.2, 0.25) is 0 Å². The first-order valence-corrected chi connectivity index (χ1v) is 8.35. The van der Waals surface area contributed by atoms with E-state index in [1.807, 2.05) is 0 Å². The number of carbonyl (C=O) groups excluding carboxylic acids is 1. The number of amides is 1. The summed E-state index contributed by atoms with van der Waals surface area (Å²) in [4.78, 5) is 14.6. The highest BCUT2D eigenvalue weighted by molar-refractivity contribution is 5.77. The van der Waals surface area contributed by atoms with Gasteiger partial charge in [0.15, 0.2) is 0 Å². The molecule has 4 nitrogen and oxygen atoms in total. The number of rotatable bonds is 7. The van der Waals surface area contributed by atoms with Crippen molar-refractivity contribution in [1.29, 1.82) is 0 Å². The lowest BCUT2D eigenvalue weighted by Crippen LogP contribution is -2.45. The molecule has 2 saturated carbocycles. The number of nitrogens with two attached hydrogens (primary N) is 1. The van der Waals surface area contributed by atoms with Crippen LogP contribution in [0.4, 0.5) is 0 Å². The van der Waals surface area contributed by atoms with E-state index in [0.29, 0.717) is 36.6 Å². The maximum atomic E-state index is 12.5. The topological polar surface area (TPSA) is 66.6 Å². The van der Waals surface area contributed by atoms with E-state index in [1.165, 1.54) is 19.3 Å². The molecule has 0 saturated heterocycles. The average Bonchev–Trinajstić information content (AvgIpc) is 2.42. The first kappa shape index (κ1) is 15.8. The molecule has 2 aliphatic rings. The molecule has 0 aliphatic heterocycles. The number of hydrogen-bond acceptors (Lipinski definition) is 3. The SMILES string of the molecule is NCC1CCC(CC(=O)N(CCCO)C2CCC2)CC1. The minimum Gasteiger partial charge on any atom is -0.396 e. The van der Waals surface area contributed by atoms with E-state index in [1.54, 1.807) is 0 Å². The summed E-state index contributed by atoms with van der Waals surface area (Å²) in [6, 6.07) is 0.453. The molecule has 1 amide bonds. The van der Waals surface area contributed by atoms with Crippen LogP contribution in [0.15, 0.2) is 0 Å². The molecular formula is C16H30N2O2. The van der Waals surface area contributed by atoms with Gasteiger partial charge in [-0.2, -0.15) is 0 Å². The van der Waals surface area contributed by atoms with E-state index in [2.05, 4.69) is 4.90 Å². The second-order valence-corrected chi connectivity index (χ2v) is 6.58. The average molecular weight is 282 g/mol. The number of carbonyl (C=O) groups is 1. The van der Waals surface area contributed by atoms with Crippen molar-refractivity contribution in [3.8, 4) is 0 Å². The first-order valence-electron chi connectivity index (χ1n) is 8.35. The van der Waals surface area contributed by atoms with E-state index in [4.69, 9.17) is 10.8 Å². The van der Waals surface area contributed by atoms with Gasteiger partial charge in [0.2, 0.25) is 5.91 Å². The number of aliphatic hydroxyl groups is 1. The Labute approximate surface area is 122 Å². The molecule has 0 radical (unpaired) electrons. The summed E-state index contributed by atoms with van der Waals surface area (Å²) in [6.07, 6.45) is 9.66. The Balaban J connectivity index is 1.78. The summed E-state index contributed by atoms with van der Waals surface area (Å²) in [6.45, 7) is 1.71. The molecule has 2 aliphatic carbocycles. The van der Waals surface area contributed by atoms with Crippen molar-refractivity contribution < 1.29 is 9.90 Å². The van der Waals surface area contributed by atoms with Crippen molar-refractivity contribution in [2.45, 2.75) is 63.8 Å². The van der Waals surface area contributed by atoms with Gasteiger partial charge in [0.25, 0.3) is 0 Å². The zero-order chi connectivity index (χ0) is 14.4. The van der Waals surface area contributed by atoms with Crippen LogP contribution in [0.5, 0.6) is 0 Å². The second-order valence-electron chi connectivity index (χ2n) is 6.58. The van der Waals surface area contributed by atoms with Gasteiger partial charge in [-0.15, -0.1) is 0 Å². The third-order valence-electron chi connectivity index (χ3n) is 5.16. The Hall–Kier alpha value is -0.610. The van der Waals surface area contributed by atoms with Crippen LogP contribution in [0.3, 0.4) is 0 Å². The molecule has 0 atom stereocenters. The number of aliphatic hydroxyl groups excluding tert-OH is 1. The molecule has 0 aromatic heterocycles. The molecule has 0 aromatic rings. The van der Waals surface area contributed by atoms with E-state index in [9.17, 15) is 4.79 Å². The Morgan fingerprint density at radius 2 is 1.75 bits per heavy atom. The fourth-order valence-corrected chi connectivity index (χ4v) is 3.49. The number of nitrogens with zero attached hydrogens (tertiary/aromatic N) is 1. The van der Waals surface area contributed by atoms with Crippen molar-refractivity contribution in [2.24, 2.45) is 17.6 Å². The zero-order valence-corrected chi connectivity index (χ0v) is 12.6. The molecule has 2 rings (SSSR count). The lowest BCUT2D eigenvalue weighted by atomic mass is 9.80. The summed E-state index contributed by atoms with van der Waals surface area (Å²) in [7, 11) is 0. The molecule has 0 heterocycles. The predicted octanol–water partition coefficient (Wildman–Crippen LogP) is 1.91. The van der Waals surface area contributed by atoms with Gasteiger partial charge < -0.3 is 15.7 Å². The van der Waals surface area contributed by atoms with Gasteiger partial charge in [-0.3, -0.25) is 4.79 Å². The Kier molecular flexibility index (Phi) is 6.30. The number of hydrogen-bond donors (Lipinski definition) is 2. The molecule has 116 valence electrons. The highest BCUT2D eigenvalue weighted by Crippen LogP contribution is 2.32. The van der Waals surface area contributed by atoms with Gasteiger partial charge in [-0.05, 0) is 69.7 Å². The maximum Gasteiger partial charge on any atom is 0.223 e. The lowest BCUT2D eigenvalue weighted by molar-refractivity contribution is -0.136. The van der Waals surface area contributed by atoms with Gasteiger partial charge in [-0.25, -0.2) is 0 Å². The Bertz CT molecular complexity index is 297. The van der Waals surface area contributed by atoms with Gasteiger partial charge in [0.1, 0.15) is 0 Å². The van der Waals surface area contributed by atoms with Crippen LogP contribution in [0, 0.1) is 11.8 Å². The van der Waals surface area contributed by atoms with Crippen LogP contribution < -0.4 is 5.73 Å². The largest absolute Gasteiger partial charge is 0.396 e. The van der Waals surface area contributed by atoms with Crippen LogP contribution in [0.1, 0.15) is 57.8 Å². The van der Waals surface area contributed by atoms with Gasteiger partial charge in [-0.1, -0.05) is 0 Å². The molecule has 0 unspecified atom stereocenters. The van der Waals surface area contributed by atoms with Crippen molar-refractivity contribution >= 4 is 5.91 Å². The third-order valence-corrected chi connectivity index (χ3v) is 5.16. The molecule has 0 aromatic carbocycles. The minimum atomic E-state index is 0.179. The summed E-state index contributed by atoms with van der Waals surface area (Å²) in [5.41, 5.74) is 5.72.